The van der Waals surface area contributed by atoms with Gasteiger partial charge in [0.25, 0.3) is 0 Å². The monoisotopic (exact) mass is 486 g/mol. The predicted octanol–water partition coefficient (Wildman–Crippen LogP) is 6.80. The number of aliphatic carboxylic acids is 1. The Morgan fingerprint density at radius 1 is 1.06 bits per heavy atom. The number of carboxylic acids is 1. The van der Waals surface area contributed by atoms with Crippen LogP contribution in [0.5, 0.6) is 0 Å². The average Bonchev–Trinajstić information content (AvgIpc) is 3.15. The number of fused-ring (bicyclic) bond motifs is 1. The first-order valence-electron chi connectivity index (χ1n) is 9.60. The summed E-state index contributed by atoms with van der Waals surface area (Å²) < 4.78 is 5.81. The summed E-state index contributed by atoms with van der Waals surface area (Å²) in [5, 5.41) is 10.5. The minimum atomic E-state index is -0.907. The lowest BCUT2D eigenvalue weighted by Crippen LogP contribution is -2.06. The number of nitrogens with two attached hydrogens (primary N) is 1. The number of aromatic nitrogens is 1. The first kappa shape index (κ1) is 22.4. The summed E-state index contributed by atoms with van der Waals surface area (Å²) >= 11 is 18.6. The molecule has 162 valence electrons. The van der Waals surface area contributed by atoms with Crippen molar-refractivity contribution in [1.82, 2.24) is 4.98 Å². The van der Waals surface area contributed by atoms with Crippen LogP contribution in [0.2, 0.25) is 15.1 Å². The van der Waals surface area contributed by atoms with Gasteiger partial charge >= 0.3 is 5.97 Å². The molecule has 8 heteroatoms. The third kappa shape index (κ3) is 4.97. The molecule has 4 aromatic rings. The fraction of sp³-hybridized carbons (Fsp3) is 0.0833. The highest BCUT2D eigenvalue weighted by molar-refractivity contribution is 6.35. The fourth-order valence-corrected chi connectivity index (χ4v) is 3.98. The van der Waals surface area contributed by atoms with Gasteiger partial charge in [-0.05, 0) is 53.1 Å². The Kier molecular flexibility index (Phi) is 6.53. The van der Waals surface area contributed by atoms with Crippen molar-refractivity contribution in [3.05, 3.63) is 92.4 Å². The van der Waals surface area contributed by atoms with Gasteiger partial charge in [0.05, 0.1) is 17.0 Å². The lowest BCUT2D eigenvalue weighted by Gasteiger charge is -2.09. The Hall–Kier alpha value is -2.83. The molecule has 5 nitrogen and oxygen atoms in total. The number of rotatable bonds is 6. The maximum Gasteiger partial charge on any atom is 0.307 e. The quantitative estimate of drug-likeness (QED) is 0.312. The van der Waals surface area contributed by atoms with Crippen molar-refractivity contribution in [2.24, 2.45) is 5.73 Å². The van der Waals surface area contributed by atoms with Crippen molar-refractivity contribution < 1.29 is 14.3 Å². The minimum absolute atomic E-state index is 0.0831. The van der Waals surface area contributed by atoms with E-state index in [1.165, 1.54) is 0 Å². The van der Waals surface area contributed by atoms with E-state index in [2.05, 4.69) is 4.98 Å². The van der Waals surface area contributed by atoms with E-state index >= 15 is 0 Å². The van der Waals surface area contributed by atoms with Crippen LogP contribution in [0.15, 0.2) is 65.1 Å². The largest absolute Gasteiger partial charge is 0.481 e. The first-order valence-corrected chi connectivity index (χ1v) is 10.7. The summed E-state index contributed by atoms with van der Waals surface area (Å²) in [7, 11) is 0. The van der Waals surface area contributed by atoms with E-state index in [1.54, 1.807) is 42.5 Å². The number of carbonyl (C=O) groups is 1. The average molecular weight is 488 g/mol. The van der Waals surface area contributed by atoms with Crippen LogP contribution in [0.3, 0.4) is 0 Å². The number of carboxylic acid groups (broad SMARTS) is 1. The highest BCUT2D eigenvalue weighted by Gasteiger charge is 2.14. The Morgan fingerprint density at radius 3 is 2.59 bits per heavy atom. The van der Waals surface area contributed by atoms with Gasteiger partial charge in [0.1, 0.15) is 5.52 Å². The highest BCUT2D eigenvalue weighted by atomic mass is 35.5. The maximum atomic E-state index is 10.9. The van der Waals surface area contributed by atoms with Gasteiger partial charge in [0.2, 0.25) is 5.89 Å². The maximum absolute atomic E-state index is 10.9. The van der Waals surface area contributed by atoms with Crippen LogP contribution in [0, 0.1) is 0 Å². The van der Waals surface area contributed by atoms with Gasteiger partial charge in [0.15, 0.2) is 5.58 Å². The molecule has 1 heterocycles. The molecule has 0 aliphatic rings. The minimum Gasteiger partial charge on any atom is -0.481 e. The molecule has 1 atom stereocenters. The Labute approximate surface area is 199 Å². The predicted molar refractivity (Wildman–Crippen MR) is 128 cm³/mol. The Morgan fingerprint density at radius 2 is 1.88 bits per heavy atom. The molecule has 0 radical (unpaired) electrons. The molecule has 3 aromatic carbocycles. The summed E-state index contributed by atoms with van der Waals surface area (Å²) in [4.78, 5) is 15.4. The molecule has 0 fully saturated rings. The van der Waals surface area contributed by atoms with Crippen molar-refractivity contribution in [3.63, 3.8) is 0 Å². The van der Waals surface area contributed by atoms with Gasteiger partial charge in [-0.25, -0.2) is 4.98 Å². The normalized spacial score (nSPS) is 12.5. The second kappa shape index (κ2) is 9.35. The fourth-order valence-electron chi connectivity index (χ4n) is 3.24. The van der Waals surface area contributed by atoms with Crippen molar-refractivity contribution >= 4 is 57.9 Å². The van der Waals surface area contributed by atoms with Crippen LogP contribution in [0.1, 0.15) is 22.7 Å². The van der Waals surface area contributed by atoms with Gasteiger partial charge in [-0.2, -0.15) is 0 Å². The SMILES string of the molecule is NC(C=Cc1ccc(Cl)cc1Cl)c1ccc(-c2nc3cc(CC(=O)O)ccc3o2)c(Cl)c1. The zero-order valence-corrected chi connectivity index (χ0v) is 18.8. The van der Waals surface area contributed by atoms with Gasteiger partial charge in [0, 0.05) is 16.1 Å². The summed E-state index contributed by atoms with van der Waals surface area (Å²) in [6.07, 6.45) is 3.57. The van der Waals surface area contributed by atoms with Gasteiger partial charge in [-0.3, -0.25) is 4.79 Å². The van der Waals surface area contributed by atoms with Crippen LogP contribution in [-0.2, 0) is 11.2 Å². The number of benzene rings is 3. The molecule has 4 rings (SSSR count). The van der Waals surface area contributed by atoms with E-state index < -0.39 is 12.0 Å². The van der Waals surface area contributed by atoms with Crippen molar-refractivity contribution in [1.29, 1.82) is 0 Å². The molecule has 1 unspecified atom stereocenters. The van der Waals surface area contributed by atoms with Gasteiger partial charge in [-0.1, -0.05) is 65.2 Å². The van der Waals surface area contributed by atoms with Gasteiger partial charge < -0.3 is 15.3 Å². The second-order valence-corrected chi connectivity index (χ2v) is 8.43. The number of oxazole rings is 1. The number of hydrogen-bond donors (Lipinski definition) is 2. The Balaban J connectivity index is 1.57. The molecule has 0 amide bonds. The number of nitrogens with zero attached hydrogens (tertiary/aromatic N) is 1. The third-order valence-corrected chi connectivity index (χ3v) is 5.74. The number of hydrogen-bond acceptors (Lipinski definition) is 4. The van der Waals surface area contributed by atoms with E-state index in [-0.39, 0.29) is 6.42 Å². The Bertz CT molecular complexity index is 1350. The zero-order chi connectivity index (χ0) is 22.8. The molecular weight excluding hydrogens is 471 g/mol. The smallest absolute Gasteiger partial charge is 0.307 e. The lowest BCUT2D eigenvalue weighted by molar-refractivity contribution is -0.136. The van der Waals surface area contributed by atoms with Gasteiger partial charge in [-0.15, -0.1) is 0 Å². The molecule has 0 spiro atoms. The summed E-state index contributed by atoms with van der Waals surface area (Å²) in [6, 6.07) is 15.4. The zero-order valence-electron chi connectivity index (χ0n) is 16.6. The summed E-state index contributed by atoms with van der Waals surface area (Å²) in [5.41, 5.74) is 10.3. The lowest BCUT2D eigenvalue weighted by atomic mass is 10.0. The molecule has 3 N–H and O–H groups in total. The molecule has 1 aromatic heterocycles. The summed E-state index contributed by atoms with van der Waals surface area (Å²) in [6.45, 7) is 0. The van der Waals surface area contributed by atoms with Crippen molar-refractivity contribution in [3.8, 4) is 11.5 Å². The highest BCUT2D eigenvalue weighted by Crippen LogP contribution is 2.32. The number of halogens is 3. The molecule has 0 aliphatic carbocycles. The van der Waals surface area contributed by atoms with E-state index in [0.29, 0.717) is 43.2 Å². The molecule has 0 saturated heterocycles. The van der Waals surface area contributed by atoms with E-state index in [1.807, 2.05) is 24.3 Å². The van der Waals surface area contributed by atoms with Crippen molar-refractivity contribution in [2.75, 3.05) is 0 Å². The standard InChI is InChI=1S/C24H17Cl3N2O3/c25-16-5-2-14(18(26)12-16)4-7-20(28)15-3-6-17(19(27)11-15)24-29-21-9-13(10-23(30)31)1-8-22(21)32-24/h1-9,11-12,20H,10,28H2,(H,30,31). The molecule has 0 saturated carbocycles. The summed E-state index contributed by atoms with van der Waals surface area (Å²) in [5.74, 6) is -0.559. The molecule has 32 heavy (non-hydrogen) atoms. The van der Waals surface area contributed by atoms with Crippen LogP contribution in [0.25, 0.3) is 28.6 Å². The molecule has 0 aliphatic heterocycles. The van der Waals surface area contributed by atoms with Crippen LogP contribution in [-0.4, -0.2) is 16.1 Å². The van der Waals surface area contributed by atoms with E-state index in [0.717, 1.165) is 11.1 Å². The van der Waals surface area contributed by atoms with Crippen LogP contribution >= 0.6 is 34.8 Å². The topological polar surface area (TPSA) is 89.3 Å². The molecular formula is C24H17Cl3N2O3. The first-order chi connectivity index (χ1) is 15.3. The van der Waals surface area contributed by atoms with Crippen LogP contribution < -0.4 is 5.73 Å². The van der Waals surface area contributed by atoms with E-state index in [4.69, 9.17) is 50.1 Å². The molecule has 0 bridgehead atoms. The van der Waals surface area contributed by atoms with Crippen LogP contribution in [0.4, 0.5) is 0 Å². The second-order valence-electron chi connectivity index (χ2n) is 7.18. The van der Waals surface area contributed by atoms with E-state index in [9.17, 15) is 4.79 Å². The van der Waals surface area contributed by atoms with Crippen molar-refractivity contribution in [2.45, 2.75) is 12.5 Å². The third-order valence-electron chi connectivity index (χ3n) is 4.86.